The van der Waals surface area contributed by atoms with Crippen LogP contribution in [0.1, 0.15) is 18.9 Å². The van der Waals surface area contributed by atoms with E-state index in [0.29, 0.717) is 17.9 Å². The first kappa shape index (κ1) is 15.1. The summed E-state index contributed by atoms with van der Waals surface area (Å²) in [5, 5.41) is 20.6. The molecule has 1 amide bonds. The standard InChI is InChI=1S/C14H17NO6/c1-14(19,13(17)18)7-15-12(16)5-3-9-2-4-10-11(6-9)21-8-20-10/h2,4,6,19H,3,5,7-8H2,1H3,(H,15,16)(H,17,18). The smallest absolute Gasteiger partial charge is 0.337 e. The minimum atomic E-state index is -1.96. The number of benzene rings is 1. The zero-order chi connectivity index (χ0) is 15.5. The molecule has 0 aromatic heterocycles. The number of carbonyl (C=O) groups excluding carboxylic acids is 1. The number of aliphatic hydroxyl groups is 1. The normalized spacial score (nSPS) is 15.3. The number of hydrogen-bond acceptors (Lipinski definition) is 5. The molecule has 7 nitrogen and oxygen atoms in total. The molecule has 1 aromatic rings. The van der Waals surface area contributed by atoms with Crippen LogP contribution >= 0.6 is 0 Å². The van der Waals surface area contributed by atoms with Crippen molar-refractivity contribution in [1.29, 1.82) is 0 Å². The van der Waals surface area contributed by atoms with Gasteiger partial charge in [0.2, 0.25) is 12.7 Å². The number of carbonyl (C=O) groups is 2. The molecule has 0 saturated carbocycles. The van der Waals surface area contributed by atoms with Crippen molar-refractivity contribution in [3.05, 3.63) is 23.8 Å². The molecule has 1 unspecified atom stereocenters. The molecule has 0 radical (unpaired) electrons. The zero-order valence-corrected chi connectivity index (χ0v) is 11.6. The van der Waals surface area contributed by atoms with E-state index in [1.807, 2.05) is 12.1 Å². The van der Waals surface area contributed by atoms with Gasteiger partial charge in [0.1, 0.15) is 0 Å². The Kier molecular flexibility index (Phi) is 4.32. The van der Waals surface area contributed by atoms with Gasteiger partial charge in [0.25, 0.3) is 0 Å². The monoisotopic (exact) mass is 295 g/mol. The molecule has 0 saturated heterocycles. The first-order valence-electron chi connectivity index (χ1n) is 6.49. The van der Waals surface area contributed by atoms with Crippen molar-refractivity contribution in [2.75, 3.05) is 13.3 Å². The van der Waals surface area contributed by atoms with E-state index >= 15 is 0 Å². The lowest BCUT2D eigenvalue weighted by molar-refractivity contribution is -0.156. The molecule has 0 spiro atoms. The number of aliphatic carboxylic acids is 1. The molecule has 0 bridgehead atoms. The molecular weight excluding hydrogens is 278 g/mol. The summed E-state index contributed by atoms with van der Waals surface area (Å²) in [4.78, 5) is 22.3. The largest absolute Gasteiger partial charge is 0.479 e. The summed E-state index contributed by atoms with van der Waals surface area (Å²) in [5.74, 6) is -0.366. The maximum absolute atomic E-state index is 11.6. The Balaban J connectivity index is 1.80. The molecule has 0 aliphatic carbocycles. The van der Waals surface area contributed by atoms with E-state index in [4.69, 9.17) is 14.6 Å². The van der Waals surface area contributed by atoms with Crippen LogP contribution in [-0.4, -0.2) is 41.0 Å². The Hall–Kier alpha value is -2.28. The highest BCUT2D eigenvalue weighted by atomic mass is 16.7. The number of hydrogen-bond donors (Lipinski definition) is 3. The number of ether oxygens (including phenoxy) is 2. The average molecular weight is 295 g/mol. The number of rotatable bonds is 6. The highest BCUT2D eigenvalue weighted by Crippen LogP contribution is 2.32. The number of nitrogens with one attached hydrogen (secondary N) is 1. The molecule has 21 heavy (non-hydrogen) atoms. The lowest BCUT2D eigenvalue weighted by Crippen LogP contribution is -2.46. The summed E-state index contributed by atoms with van der Waals surface area (Å²) < 4.78 is 10.4. The van der Waals surface area contributed by atoms with E-state index in [0.717, 1.165) is 12.5 Å². The Morgan fingerprint density at radius 3 is 2.76 bits per heavy atom. The fourth-order valence-corrected chi connectivity index (χ4v) is 1.79. The maximum atomic E-state index is 11.6. The van der Waals surface area contributed by atoms with Gasteiger partial charge in [-0.25, -0.2) is 4.79 Å². The van der Waals surface area contributed by atoms with Gasteiger partial charge in [-0.2, -0.15) is 0 Å². The molecule has 7 heteroatoms. The van der Waals surface area contributed by atoms with Crippen molar-refractivity contribution >= 4 is 11.9 Å². The molecule has 1 heterocycles. The van der Waals surface area contributed by atoms with Crippen molar-refractivity contribution in [2.24, 2.45) is 0 Å². The molecular formula is C14H17NO6. The molecule has 1 atom stereocenters. The fraction of sp³-hybridized carbons (Fsp3) is 0.429. The first-order valence-corrected chi connectivity index (χ1v) is 6.49. The van der Waals surface area contributed by atoms with Crippen molar-refractivity contribution in [3.8, 4) is 11.5 Å². The van der Waals surface area contributed by atoms with Crippen molar-refractivity contribution in [2.45, 2.75) is 25.4 Å². The summed E-state index contributed by atoms with van der Waals surface area (Å²) in [6.45, 7) is 0.999. The second kappa shape index (κ2) is 6.01. The number of amides is 1. The molecule has 0 fully saturated rings. The first-order chi connectivity index (χ1) is 9.88. The van der Waals surface area contributed by atoms with Gasteiger partial charge in [-0.3, -0.25) is 4.79 Å². The summed E-state index contributed by atoms with van der Waals surface area (Å²) in [5.41, 5.74) is -1.05. The van der Waals surface area contributed by atoms with Crippen LogP contribution in [-0.2, 0) is 16.0 Å². The van der Waals surface area contributed by atoms with E-state index in [1.54, 1.807) is 6.07 Å². The van der Waals surface area contributed by atoms with E-state index in [-0.39, 0.29) is 25.7 Å². The maximum Gasteiger partial charge on any atom is 0.337 e. The van der Waals surface area contributed by atoms with Crippen molar-refractivity contribution < 1.29 is 29.3 Å². The predicted octanol–water partition coefficient (Wildman–Crippen LogP) is 0.300. The lowest BCUT2D eigenvalue weighted by atomic mass is 10.1. The van der Waals surface area contributed by atoms with E-state index in [1.165, 1.54) is 0 Å². The van der Waals surface area contributed by atoms with Gasteiger partial charge >= 0.3 is 5.97 Å². The van der Waals surface area contributed by atoms with Crippen LogP contribution in [0.15, 0.2) is 18.2 Å². The van der Waals surface area contributed by atoms with Gasteiger partial charge in [-0.1, -0.05) is 6.07 Å². The summed E-state index contributed by atoms with van der Waals surface area (Å²) in [7, 11) is 0. The highest BCUT2D eigenvalue weighted by Gasteiger charge is 2.30. The Bertz CT molecular complexity index is 554. The van der Waals surface area contributed by atoms with E-state index < -0.39 is 11.6 Å². The predicted molar refractivity (Wildman–Crippen MR) is 72.2 cm³/mol. The number of fused-ring (bicyclic) bond motifs is 1. The van der Waals surface area contributed by atoms with Gasteiger partial charge in [0, 0.05) is 6.42 Å². The average Bonchev–Trinajstić information content (AvgIpc) is 2.90. The van der Waals surface area contributed by atoms with E-state index in [9.17, 15) is 14.7 Å². The summed E-state index contributed by atoms with van der Waals surface area (Å²) >= 11 is 0. The Morgan fingerprint density at radius 1 is 1.33 bits per heavy atom. The van der Waals surface area contributed by atoms with E-state index in [2.05, 4.69) is 5.32 Å². The van der Waals surface area contributed by atoms with Gasteiger partial charge in [0.15, 0.2) is 17.1 Å². The Morgan fingerprint density at radius 2 is 2.05 bits per heavy atom. The van der Waals surface area contributed by atoms with Crippen molar-refractivity contribution in [3.63, 3.8) is 0 Å². The van der Waals surface area contributed by atoms with Crippen LogP contribution in [0.3, 0.4) is 0 Å². The zero-order valence-electron chi connectivity index (χ0n) is 11.6. The summed E-state index contributed by atoms with van der Waals surface area (Å²) in [6.07, 6.45) is 0.674. The van der Waals surface area contributed by atoms with Crippen LogP contribution < -0.4 is 14.8 Å². The molecule has 3 N–H and O–H groups in total. The van der Waals surface area contributed by atoms with Crippen LogP contribution in [0.4, 0.5) is 0 Å². The topological polar surface area (TPSA) is 105 Å². The Labute approximate surface area is 121 Å². The van der Waals surface area contributed by atoms with Crippen LogP contribution in [0, 0.1) is 0 Å². The fourth-order valence-electron chi connectivity index (χ4n) is 1.79. The van der Waals surface area contributed by atoms with Gasteiger partial charge in [0.05, 0.1) is 6.54 Å². The second-order valence-electron chi connectivity index (χ2n) is 5.04. The van der Waals surface area contributed by atoms with Crippen LogP contribution in [0.25, 0.3) is 0 Å². The van der Waals surface area contributed by atoms with Gasteiger partial charge in [-0.05, 0) is 31.0 Å². The quantitative estimate of drug-likeness (QED) is 0.697. The van der Waals surface area contributed by atoms with Crippen LogP contribution in [0.5, 0.6) is 11.5 Å². The highest BCUT2D eigenvalue weighted by molar-refractivity contribution is 5.80. The molecule has 1 aliphatic rings. The van der Waals surface area contributed by atoms with Gasteiger partial charge in [-0.15, -0.1) is 0 Å². The number of carboxylic acid groups (broad SMARTS) is 1. The third-order valence-corrected chi connectivity index (χ3v) is 3.17. The number of carboxylic acids is 1. The minimum Gasteiger partial charge on any atom is -0.479 e. The van der Waals surface area contributed by atoms with Crippen molar-refractivity contribution in [1.82, 2.24) is 5.32 Å². The van der Waals surface area contributed by atoms with Gasteiger partial charge < -0.3 is 25.0 Å². The SMILES string of the molecule is CC(O)(CNC(=O)CCc1ccc2c(c1)OCO2)C(=O)O. The molecule has 2 rings (SSSR count). The minimum absolute atomic E-state index is 0.190. The molecule has 114 valence electrons. The molecule has 1 aliphatic heterocycles. The van der Waals surface area contributed by atoms with Crippen LogP contribution in [0.2, 0.25) is 0 Å². The molecule has 1 aromatic carbocycles. The summed E-state index contributed by atoms with van der Waals surface area (Å²) in [6, 6.07) is 5.43. The lowest BCUT2D eigenvalue weighted by Gasteiger charge is -2.18. The third kappa shape index (κ3) is 3.85. The number of aryl methyl sites for hydroxylation is 1. The second-order valence-corrected chi connectivity index (χ2v) is 5.04. The third-order valence-electron chi connectivity index (χ3n) is 3.17.